The van der Waals surface area contributed by atoms with Gasteiger partial charge in [-0.2, -0.15) is 0 Å². The van der Waals surface area contributed by atoms with Gasteiger partial charge in [0.2, 0.25) is 0 Å². The fourth-order valence-corrected chi connectivity index (χ4v) is 1.33. The van der Waals surface area contributed by atoms with E-state index in [0.29, 0.717) is 13.0 Å². The first-order valence-electron chi connectivity index (χ1n) is 5.74. The third kappa shape index (κ3) is 3.85. The highest BCUT2D eigenvalue weighted by molar-refractivity contribution is 6.03. The van der Waals surface area contributed by atoms with Crippen LogP contribution in [-0.4, -0.2) is 36.9 Å². The Morgan fingerprint density at radius 3 is 2.00 bits per heavy atom. The predicted octanol–water partition coefficient (Wildman–Crippen LogP) is 1.40. The van der Waals surface area contributed by atoms with Crippen molar-refractivity contribution in [3.63, 3.8) is 0 Å². The number of aliphatic hydroxyl groups is 1. The molecule has 18 heavy (non-hydrogen) atoms. The monoisotopic (exact) mass is 252 g/mol. The van der Waals surface area contributed by atoms with Crippen LogP contribution >= 0.6 is 0 Å². The number of esters is 2. The molecule has 0 aliphatic rings. The SMILES string of the molecule is CCCOC(=O)c1ccccc1C(=O)OCCO. The second-order valence-electron chi connectivity index (χ2n) is 3.54. The molecule has 0 aliphatic heterocycles. The Balaban J connectivity index is 2.85. The molecule has 0 amide bonds. The summed E-state index contributed by atoms with van der Waals surface area (Å²) in [6.07, 6.45) is 0.711. The summed E-state index contributed by atoms with van der Waals surface area (Å²) in [7, 11) is 0. The van der Waals surface area contributed by atoms with Crippen molar-refractivity contribution in [3.05, 3.63) is 35.4 Å². The van der Waals surface area contributed by atoms with Gasteiger partial charge in [-0.3, -0.25) is 0 Å². The third-order valence-electron chi connectivity index (χ3n) is 2.13. The van der Waals surface area contributed by atoms with Gasteiger partial charge in [0.1, 0.15) is 6.61 Å². The maximum atomic E-state index is 11.7. The number of carbonyl (C=O) groups is 2. The summed E-state index contributed by atoms with van der Waals surface area (Å²) < 4.78 is 9.75. The molecule has 1 aromatic carbocycles. The molecule has 0 bridgehead atoms. The molecule has 0 aliphatic carbocycles. The minimum absolute atomic E-state index is 0.100. The van der Waals surface area contributed by atoms with Crippen molar-refractivity contribution in [3.8, 4) is 0 Å². The summed E-state index contributed by atoms with van der Waals surface area (Å²) in [4.78, 5) is 23.4. The topological polar surface area (TPSA) is 72.8 Å². The maximum absolute atomic E-state index is 11.7. The Kier molecular flexibility index (Phi) is 5.87. The van der Waals surface area contributed by atoms with Crippen LogP contribution in [0.1, 0.15) is 34.1 Å². The van der Waals surface area contributed by atoms with Gasteiger partial charge < -0.3 is 14.6 Å². The highest BCUT2D eigenvalue weighted by Crippen LogP contribution is 2.12. The highest BCUT2D eigenvalue weighted by atomic mass is 16.5. The van der Waals surface area contributed by atoms with Gasteiger partial charge in [0.05, 0.1) is 24.3 Å². The number of benzene rings is 1. The quantitative estimate of drug-likeness (QED) is 0.775. The zero-order valence-electron chi connectivity index (χ0n) is 10.2. The molecule has 0 aromatic heterocycles. The number of ether oxygens (including phenoxy) is 2. The molecule has 5 heteroatoms. The maximum Gasteiger partial charge on any atom is 0.339 e. The number of hydrogen-bond donors (Lipinski definition) is 1. The molecule has 0 fully saturated rings. The molecule has 1 aromatic rings. The molecule has 0 atom stereocenters. The Morgan fingerprint density at radius 1 is 1.06 bits per heavy atom. The lowest BCUT2D eigenvalue weighted by molar-refractivity contribution is 0.0411. The van der Waals surface area contributed by atoms with E-state index in [1.807, 2.05) is 6.92 Å². The third-order valence-corrected chi connectivity index (χ3v) is 2.13. The number of aliphatic hydroxyl groups excluding tert-OH is 1. The molecule has 0 heterocycles. The van der Waals surface area contributed by atoms with Gasteiger partial charge in [-0.1, -0.05) is 19.1 Å². The van der Waals surface area contributed by atoms with E-state index in [0.717, 1.165) is 0 Å². The van der Waals surface area contributed by atoms with Gasteiger partial charge in [0.15, 0.2) is 0 Å². The van der Waals surface area contributed by atoms with Gasteiger partial charge in [-0.25, -0.2) is 9.59 Å². The summed E-state index contributed by atoms with van der Waals surface area (Å²) in [6, 6.07) is 6.27. The largest absolute Gasteiger partial charge is 0.462 e. The van der Waals surface area contributed by atoms with Crippen LogP contribution in [0.5, 0.6) is 0 Å². The fourth-order valence-electron chi connectivity index (χ4n) is 1.33. The fraction of sp³-hybridized carbons (Fsp3) is 0.385. The molecule has 0 saturated carbocycles. The van der Waals surface area contributed by atoms with Gasteiger partial charge in [0.25, 0.3) is 0 Å². The average Bonchev–Trinajstić information content (AvgIpc) is 2.42. The minimum Gasteiger partial charge on any atom is -0.462 e. The first kappa shape index (κ1) is 14.2. The molecule has 0 spiro atoms. The molecule has 98 valence electrons. The van der Waals surface area contributed by atoms with Crippen molar-refractivity contribution in [1.29, 1.82) is 0 Å². The molecule has 0 radical (unpaired) electrons. The van der Waals surface area contributed by atoms with Crippen LogP contribution in [0.3, 0.4) is 0 Å². The van der Waals surface area contributed by atoms with Gasteiger partial charge in [0, 0.05) is 0 Å². The van der Waals surface area contributed by atoms with Gasteiger partial charge in [-0.15, -0.1) is 0 Å². The molecule has 5 nitrogen and oxygen atoms in total. The van der Waals surface area contributed by atoms with Crippen LogP contribution in [0.2, 0.25) is 0 Å². The van der Waals surface area contributed by atoms with Gasteiger partial charge >= 0.3 is 11.9 Å². The van der Waals surface area contributed by atoms with Crippen molar-refractivity contribution in [2.24, 2.45) is 0 Å². The van der Waals surface area contributed by atoms with E-state index in [-0.39, 0.29) is 24.3 Å². The summed E-state index contributed by atoms with van der Waals surface area (Å²) in [5, 5.41) is 8.59. The van der Waals surface area contributed by atoms with Crippen molar-refractivity contribution >= 4 is 11.9 Å². The van der Waals surface area contributed by atoms with Crippen molar-refractivity contribution in [1.82, 2.24) is 0 Å². The van der Waals surface area contributed by atoms with Crippen LogP contribution in [-0.2, 0) is 9.47 Å². The van der Waals surface area contributed by atoms with E-state index < -0.39 is 11.9 Å². The minimum atomic E-state index is -0.645. The normalized spacial score (nSPS) is 9.89. The Bertz CT molecular complexity index is 375. The second-order valence-corrected chi connectivity index (χ2v) is 3.54. The van der Waals surface area contributed by atoms with Crippen LogP contribution in [0.25, 0.3) is 0 Å². The second kappa shape index (κ2) is 7.45. The Hall–Kier alpha value is -1.88. The lowest BCUT2D eigenvalue weighted by Gasteiger charge is -2.08. The standard InChI is InChI=1S/C13H16O5/c1-2-8-17-12(15)10-5-3-4-6-11(10)13(16)18-9-7-14/h3-6,14H,2,7-9H2,1H3. The molecular formula is C13H16O5. The molecule has 0 saturated heterocycles. The molecular weight excluding hydrogens is 236 g/mol. The zero-order chi connectivity index (χ0) is 13.4. The van der Waals surface area contributed by atoms with E-state index in [1.54, 1.807) is 12.1 Å². The number of rotatable bonds is 6. The van der Waals surface area contributed by atoms with E-state index >= 15 is 0 Å². The summed E-state index contributed by atoms with van der Waals surface area (Å²) in [6.45, 7) is 1.83. The van der Waals surface area contributed by atoms with Crippen molar-refractivity contribution < 1.29 is 24.2 Å². The zero-order valence-corrected chi connectivity index (χ0v) is 10.2. The molecule has 0 unspecified atom stereocenters. The van der Waals surface area contributed by atoms with Crippen LogP contribution in [0.4, 0.5) is 0 Å². The smallest absolute Gasteiger partial charge is 0.339 e. The number of hydrogen-bond acceptors (Lipinski definition) is 5. The van der Waals surface area contributed by atoms with Crippen molar-refractivity contribution in [2.45, 2.75) is 13.3 Å². The van der Waals surface area contributed by atoms with E-state index in [1.165, 1.54) is 12.1 Å². The predicted molar refractivity (Wildman–Crippen MR) is 64.4 cm³/mol. The summed E-state index contributed by atoms with van der Waals surface area (Å²) in [5.74, 6) is -1.19. The van der Waals surface area contributed by atoms with E-state index in [4.69, 9.17) is 14.6 Å². The first-order valence-corrected chi connectivity index (χ1v) is 5.74. The van der Waals surface area contributed by atoms with E-state index in [2.05, 4.69) is 0 Å². The Labute approximate surface area is 105 Å². The van der Waals surface area contributed by atoms with E-state index in [9.17, 15) is 9.59 Å². The van der Waals surface area contributed by atoms with Crippen molar-refractivity contribution in [2.75, 3.05) is 19.8 Å². The van der Waals surface area contributed by atoms with Crippen LogP contribution in [0.15, 0.2) is 24.3 Å². The van der Waals surface area contributed by atoms with Gasteiger partial charge in [-0.05, 0) is 18.6 Å². The lowest BCUT2D eigenvalue weighted by atomic mass is 10.1. The summed E-state index contributed by atoms with van der Waals surface area (Å²) in [5.41, 5.74) is 0.320. The average molecular weight is 252 g/mol. The first-order chi connectivity index (χ1) is 8.70. The lowest BCUT2D eigenvalue weighted by Crippen LogP contribution is -2.15. The van der Waals surface area contributed by atoms with Crippen LogP contribution in [0, 0.1) is 0 Å². The molecule has 1 N–H and O–H groups in total. The Morgan fingerprint density at radius 2 is 1.56 bits per heavy atom. The highest BCUT2D eigenvalue weighted by Gasteiger charge is 2.18. The molecule has 1 rings (SSSR count). The summed E-state index contributed by atoms with van der Waals surface area (Å²) >= 11 is 0. The number of carbonyl (C=O) groups excluding carboxylic acids is 2. The van der Waals surface area contributed by atoms with Crippen LogP contribution < -0.4 is 0 Å².